The van der Waals surface area contributed by atoms with Gasteiger partial charge in [-0.05, 0) is 38.3 Å². The molecule has 2 aliphatic rings. The van der Waals surface area contributed by atoms with Gasteiger partial charge in [0.1, 0.15) is 0 Å². The molecule has 2 saturated heterocycles. The molecule has 3 nitrogen and oxygen atoms in total. The summed E-state index contributed by atoms with van der Waals surface area (Å²) in [7, 11) is -2.72. The van der Waals surface area contributed by atoms with E-state index in [-0.39, 0.29) is 17.7 Å². The summed E-state index contributed by atoms with van der Waals surface area (Å²) in [6, 6.07) is 0. The van der Waals surface area contributed by atoms with Gasteiger partial charge in [-0.15, -0.1) is 12.4 Å². The van der Waals surface area contributed by atoms with Crippen LogP contribution in [0.2, 0.25) is 0 Å². The molecule has 2 atom stereocenters. The van der Waals surface area contributed by atoms with Gasteiger partial charge in [-0.1, -0.05) is 0 Å². The molecule has 0 bridgehead atoms. The Kier molecular flexibility index (Phi) is 3.60. The molecule has 0 saturated carbocycles. The van der Waals surface area contributed by atoms with Crippen molar-refractivity contribution in [1.82, 2.24) is 5.32 Å². The van der Waals surface area contributed by atoms with Gasteiger partial charge in [0.05, 0.1) is 11.0 Å². The second-order valence-electron chi connectivity index (χ2n) is 3.80. The molecule has 0 radical (unpaired) electrons. The topological polar surface area (TPSA) is 46.2 Å². The van der Waals surface area contributed by atoms with Gasteiger partial charge in [0.2, 0.25) is 0 Å². The summed E-state index contributed by atoms with van der Waals surface area (Å²) >= 11 is 0. The largest absolute Gasteiger partial charge is 0.316 e. The number of halogens is 1. The van der Waals surface area contributed by atoms with Crippen molar-refractivity contribution >= 4 is 22.2 Å². The molecule has 0 aromatic heterocycles. The normalized spacial score (nSPS) is 37.2. The van der Waals surface area contributed by atoms with Crippen molar-refractivity contribution in [2.75, 3.05) is 18.8 Å². The number of fused-ring (bicyclic) bond motifs is 1. The van der Waals surface area contributed by atoms with Crippen LogP contribution in [0.4, 0.5) is 0 Å². The quantitative estimate of drug-likeness (QED) is 0.657. The van der Waals surface area contributed by atoms with Crippen LogP contribution in [0.5, 0.6) is 0 Å². The second-order valence-corrected chi connectivity index (χ2v) is 6.14. The number of sulfone groups is 1. The van der Waals surface area contributed by atoms with Crippen LogP contribution in [0.25, 0.3) is 0 Å². The van der Waals surface area contributed by atoms with E-state index in [4.69, 9.17) is 0 Å². The summed E-state index contributed by atoms with van der Waals surface area (Å²) in [5.74, 6) is 0.825. The Morgan fingerprint density at radius 3 is 2.69 bits per heavy atom. The lowest BCUT2D eigenvalue weighted by Gasteiger charge is -2.35. The molecule has 0 spiro atoms. The van der Waals surface area contributed by atoms with Crippen molar-refractivity contribution < 1.29 is 8.42 Å². The molecule has 2 fully saturated rings. The van der Waals surface area contributed by atoms with Crippen LogP contribution in [-0.4, -0.2) is 32.5 Å². The molecule has 0 amide bonds. The molecular formula is C8H16ClNO2S. The first-order chi connectivity index (χ1) is 5.70. The average Bonchev–Trinajstić information content (AvgIpc) is 2.04. The number of hydrogen-bond acceptors (Lipinski definition) is 3. The number of rotatable bonds is 0. The fourth-order valence-electron chi connectivity index (χ4n) is 2.36. The molecule has 2 aliphatic heterocycles. The monoisotopic (exact) mass is 225 g/mol. The first-order valence-electron chi connectivity index (χ1n) is 4.62. The molecule has 0 aliphatic carbocycles. The minimum absolute atomic E-state index is 0. The predicted octanol–water partition coefficient (Wildman–Crippen LogP) is 0.595. The van der Waals surface area contributed by atoms with Crippen molar-refractivity contribution in [2.24, 2.45) is 5.92 Å². The van der Waals surface area contributed by atoms with Crippen LogP contribution in [0.3, 0.4) is 0 Å². The molecule has 5 heteroatoms. The van der Waals surface area contributed by atoms with E-state index >= 15 is 0 Å². The van der Waals surface area contributed by atoms with E-state index in [1.807, 2.05) is 0 Å². The van der Waals surface area contributed by atoms with Gasteiger partial charge >= 0.3 is 0 Å². The van der Waals surface area contributed by atoms with Crippen LogP contribution >= 0.6 is 12.4 Å². The van der Waals surface area contributed by atoms with Crippen molar-refractivity contribution in [3.05, 3.63) is 0 Å². The van der Waals surface area contributed by atoms with E-state index in [9.17, 15) is 8.42 Å². The van der Waals surface area contributed by atoms with E-state index in [1.165, 1.54) is 0 Å². The highest BCUT2D eigenvalue weighted by atomic mass is 35.5. The number of nitrogens with one attached hydrogen (secondary N) is 1. The lowest BCUT2D eigenvalue weighted by molar-refractivity contribution is 0.340. The molecule has 1 N–H and O–H groups in total. The zero-order valence-electron chi connectivity index (χ0n) is 7.53. The van der Waals surface area contributed by atoms with E-state index in [1.54, 1.807) is 0 Å². The molecule has 78 valence electrons. The van der Waals surface area contributed by atoms with Gasteiger partial charge < -0.3 is 5.32 Å². The highest BCUT2D eigenvalue weighted by Gasteiger charge is 2.37. The lowest BCUT2D eigenvalue weighted by atomic mass is 9.94. The van der Waals surface area contributed by atoms with Gasteiger partial charge in [-0.2, -0.15) is 0 Å². The molecule has 2 unspecified atom stereocenters. The Bertz CT molecular complexity index is 263. The van der Waals surface area contributed by atoms with Crippen molar-refractivity contribution in [3.63, 3.8) is 0 Å². The van der Waals surface area contributed by atoms with Gasteiger partial charge in [-0.3, -0.25) is 0 Å². The highest BCUT2D eigenvalue weighted by Crippen LogP contribution is 2.29. The first kappa shape index (κ1) is 11.3. The third-order valence-corrected chi connectivity index (χ3v) is 5.40. The van der Waals surface area contributed by atoms with E-state index in [0.717, 1.165) is 32.4 Å². The minimum atomic E-state index is -2.72. The maximum atomic E-state index is 11.6. The number of hydrogen-bond donors (Lipinski definition) is 1. The molecular weight excluding hydrogens is 210 g/mol. The van der Waals surface area contributed by atoms with Crippen LogP contribution in [0.1, 0.15) is 19.3 Å². The van der Waals surface area contributed by atoms with Crippen molar-refractivity contribution in [3.8, 4) is 0 Å². The Hall–Kier alpha value is 0.200. The fraction of sp³-hybridized carbons (Fsp3) is 1.00. The third kappa shape index (κ3) is 2.17. The predicted molar refractivity (Wildman–Crippen MR) is 55.0 cm³/mol. The molecule has 0 aromatic rings. The average molecular weight is 226 g/mol. The molecule has 13 heavy (non-hydrogen) atoms. The van der Waals surface area contributed by atoms with E-state index < -0.39 is 9.84 Å². The summed E-state index contributed by atoms with van der Waals surface area (Å²) in [4.78, 5) is 0. The Labute approximate surface area is 85.6 Å². The zero-order valence-corrected chi connectivity index (χ0v) is 9.16. The summed E-state index contributed by atoms with van der Waals surface area (Å²) in [6.45, 7) is 1.78. The maximum absolute atomic E-state index is 11.6. The summed E-state index contributed by atoms with van der Waals surface area (Å²) in [5.41, 5.74) is 0. The van der Waals surface area contributed by atoms with Crippen LogP contribution in [-0.2, 0) is 9.84 Å². The molecule has 2 rings (SSSR count). The third-order valence-electron chi connectivity index (χ3n) is 3.00. The van der Waals surface area contributed by atoms with Gasteiger partial charge in [0, 0.05) is 0 Å². The lowest BCUT2D eigenvalue weighted by Crippen LogP contribution is -2.47. The van der Waals surface area contributed by atoms with E-state index in [2.05, 4.69) is 5.32 Å². The van der Waals surface area contributed by atoms with Gasteiger partial charge in [0.25, 0.3) is 0 Å². The van der Waals surface area contributed by atoms with Gasteiger partial charge in [0.15, 0.2) is 9.84 Å². The summed E-state index contributed by atoms with van der Waals surface area (Å²) < 4.78 is 23.2. The summed E-state index contributed by atoms with van der Waals surface area (Å²) in [6.07, 6.45) is 2.79. The second kappa shape index (κ2) is 4.15. The SMILES string of the molecule is Cl.O=S1(=O)CCCC2CNCCC21. The zero-order chi connectivity index (χ0) is 8.60. The Balaban J connectivity index is 0.000000845. The molecule has 2 heterocycles. The minimum Gasteiger partial charge on any atom is -0.316 e. The maximum Gasteiger partial charge on any atom is 0.153 e. The van der Waals surface area contributed by atoms with Crippen LogP contribution in [0.15, 0.2) is 0 Å². The van der Waals surface area contributed by atoms with E-state index in [0.29, 0.717) is 11.7 Å². The fourth-order valence-corrected chi connectivity index (χ4v) is 4.53. The standard InChI is InChI=1S/C8H15NO2S.ClH/c10-12(11)5-1-2-7-6-9-4-3-8(7)12;/h7-9H,1-6H2;1H. The van der Waals surface area contributed by atoms with Crippen molar-refractivity contribution in [1.29, 1.82) is 0 Å². The first-order valence-corrected chi connectivity index (χ1v) is 6.34. The van der Waals surface area contributed by atoms with Gasteiger partial charge in [-0.25, -0.2) is 8.42 Å². The smallest absolute Gasteiger partial charge is 0.153 e. The molecule has 0 aromatic carbocycles. The summed E-state index contributed by atoms with van der Waals surface area (Å²) in [5, 5.41) is 3.24. The Morgan fingerprint density at radius 2 is 2.00 bits per heavy atom. The van der Waals surface area contributed by atoms with Crippen LogP contribution in [0, 0.1) is 5.92 Å². The Morgan fingerprint density at radius 1 is 1.23 bits per heavy atom. The van der Waals surface area contributed by atoms with Crippen molar-refractivity contribution in [2.45, 2.75) is 24.5 Å². The van der Waals surface area contributed by atoms with Crippen LogP contribution < -0.4 is 5.32 Å². The highest BCUT2D eigenvalue weighted by molar-refractivity contribution is 7.92. The number of piperidine rings is 1.